The molecule has 3 nitrogen and oxygen atoms in total. The van der Waals surface area contributed by atoms with Crippen molar-refractivity contribution in [3.63, 3.8) is 0 Å². The van der Waals surface area contributed by atoms with Crippen LogP contribution < -0.4 is 11.1 Å². The molecule has 62 valence electrons. The molecule has 0 fully saturated rings. The summed E-state index contributed by atoms with van der Waals surface area (Å²) < 4.78 is 0. The summed E-state index contributed by atoms with van der Waals surface area (Å²) in [5.74, 6) is 0.960. The third-order valence-corrected chi connectivity index (χ3v) is 1.83. The van der Waals surface area contributed by atoms with E-state index in [4.69, 9.17) is 5.73 Å². The van der Waals surface area contributed by atoms with E-state index in [1.165, 1.54) is 0 Å². The Balaban J connectivity index is 2.33. The first kappa shape index (κ1) is 7.16. The maximum atomic E-state index is 5.64. The van der Waals surface area contributed by atoms with Crippen molar-refractivity contribution in [3.8, 4) is 0 Å². The molecule has 1 aliphatic heterocycles. The molecule has 1 aromatic carbocycles. The number of rotatable bonds is 1. The molecule has 0 radical (unpaired) electrons. The van der Waals surface area contributed by atoms with Crippen molar-refractivity contribution in [2.75, 3.05) is 18.8 Å². The molecule has 0 aliphatic carbocycles. The molecule has 3 heteroatoms. The number of aliphatic imine (C=N–C) groups is 1. The van der Waals surface area contributed by atoms with Crippen LogP contribution in [-0.4, -0.2) is 18.9 Å². The van der Waals surface area contributed by atoms with E-state index in [0.29, 0.717) is 0 Å². The Bertz CT molecular complexity index is 317. The summed E-state index contributed by atoms with van der Waals surface area (Å²) in [5.41, 5.74) is 7.50. The van der Waals surface area contributed by atoms with E-state index in [-0.39, 0.29) is 0 Å². The number of hydrogen-bond acceptors (Lipinski definition) is 3. The molecular formula is C9H11N3. The van der Waals surface area contributed by atoms with Crippen molar-refractivity contribution in [2.24, 2.45) is 4.99 Å². The highest BCUT2D eigenvalue weighted by Crippen LogP contribution is 2.08. The maximum absolute atomic E-state index is 5.64. The normalized spacial score (nSPS) is 15.5. The highest BCUT2D eigenvalue weighted by Gasteiger charge is 2.06. The predicted molar refractivity (Wildman–Crippen MR) is 50.3 cm³/mol. The van der Waals surface area contributed by atoms with Crippen molar-refractivity contribution in [3.05, 3.63) is 29.8 Å². The number of amidine groups is 1. The lowest BCUT2D eigenvalue weighted by molar-refractivity contribution is 0.960. The summed E-state index contributed by atoms with van der Waals surface area (Å²) in [5, 5.41) is 3.19. The number of nitrogens with one attached hydrogen (secondary N) is 1. The summed E-state index contributed by atoms with van der Waals surface area (Å²) in [7, 11) is 0. The standard InChI is InChI=1S/C9H11N3/c10-8-3-1-2-7(6-8)9-11-4-5-12-9/h1-3,6H,4-5,10H2,(H,11,12). The van der Waals surface area contributed by atoms with Crippen molar-refractivity contribution in [1.29, 1.82) is 0 Å². The fourth-order valence-corrected chi connectivity index (χ4v) is 1.28. The molecule has 0 saturated heterocycles. The molecule has 0 unspecified atom stereocenters. The Morgan fingerprint density at radius 2 is 2.33 bits per heavy atom. The first-order valence-electron chi connectivity index (χ1n) is 4.00. The molecule has 1 heterocycles. The van der Waals surface area contributed by atoms with Crippen LogP contribution in [0, 0.1) is 0 Å². The van der Waals surface area contributed by atoms with Crippen molar-refractivity contribution < 1.29 is 0 Å². The lowest BCUT2D eigenvalue weighted by Crippen LogP contribution is -2.19. The summed E-state index contributed by atoms with van der Waals surface area (Å²) >= 11 is 0. The van der Waals surface area contributed by atoms with Crippen LogP contribution in [-0.2, 0) is 0 Å². The largest absolute Gasteiger partial charge is 0.399 e. The second-order valence-corrected chi connectivity index (χ2v) is 2.78. The second kappa shape index (κ2) is 2.85. The summed E-state index contributed by atoms with van der Waals surface area (Å²) in [6.45, 7) is 1.80. The highest BCUT2D eigenvalue weighted by molar-refractivity contribution is 6.00. The quantitative estimate of drug-likeness (QED) is 0.593. The molecule has 1 aliphatic rings. The third kappa shape index (κ3) is 1.25. The van der Waals surface area contributed by atoms with Gasteiger partial charge in [0, 0.05) is 17.8 Å². The van der Waals surface area contributed by atoms with Crippen LogP contribution >= 0.6 is 0 Å². The molecule has 12 heavy (non-hydrogen) atoms. The van der Waals surface area contributed by atoms with E-state index in [1.54, 1.807) is 0 Å². The Kier molecular flexibility index (Phi) is 1.70. The Morgan fingerprint density at radius 1 is 1.42 bits per heavy atom. The van der Waals surface area contributed by atoms with Crippen LogP contribution in [0.1, 0.15) is 5.56 Å². The van der Waals surface area contributed by atoms with Gasteiger partial charge in [0.05, 0.1) is 6.54 Å². The summed E-state index contributed by atoms with van der Waals surface area (Å²) in [6, 6.07) is 7.75. The fraction of sp³-hybridized carbons (Fsp3) is 0.222. The van der Waals surface area contributed by atoms with E-state index < -0.39 is 0 Å². The molecule has 0 amide bonds. The molecule has 3 N–H and O–H groups in total. The van der Waals surface area contributed by atoms with Gasteiger partial charge in [-0.3, -0.25) is 4.99 Å². The Labute approximate surface area is 71.3 Å². The molecule has 0 saturated carbocycles. The second-order valence-electron chi connectivity index (χ2n) is 2.78. The van der Waals surface area contributed by atoms with E-state index in [2.05, 4.69) is 10.3 Å². The monoisotopic (exact) mass is 161 g/mol. The van der Waals surface area contributed by atoms with Gasteiger partial charge in [-0.1, -0.05) is 12.1 Å². The van der Waals surface area contributed by atoms with Gasteiger partial charge in [-0.25, -0.2) is 0 Å². The van der Waals surface area contributed by atoms with Gasteiger partial charge in [0.15, 0.2) is 0 Å². The van der Waals surface area contributed by atoms with E-state index >= 15 is 0 Å². The van der Waals surface area contributed by atoms with E-state index in [1.807, 2.05) is 24.3 Å². The fourth-order valence-electron chi connectivity index (χ4n) is 1.28. The molecule has 1 aromatic rings. The molecule has 2 rings (SSSR count). The van der Waals surface area contributed by atoms with E-state index in [9.17, 15) is 0 Å². The van der Waals surface area contributed by atoms with Gasteiger partial charge in [0.25, 0.3) is 0 Å². The topological polar surface area (TPSA) is 50.4 Å². The summed E-state index contributed by atoms with van der Waals surface area (Å²) in [6.07, 6.45) is 0. The SMILES string of the molecule is Nc1cccc(C2=NCCN2)c1. The van der Waals surface area contributed by atoms with Gasteiger partial charge < -0.3 is 11.1 Å². The smallest absolute Gasteiger partial charge is 0.128 e. The van der Waals surface area contributed by atoms with Crippen molar-refractivity contribution >= 4 is 11.5 Å². The zero-order chi connectivity index (χ0) is 8.39. The van der Waals surface area contributed by atoms with Crippen LogP contribution in [0.2, 0.25) is 0 Å². The van der Waals surface area contributed by atoms with Crippen molar-refractivity contribution in [2.45, 2.75) is 0 Å². The number of hydrogen-bond donors (Lipinski definition) is 2. The minimum Gasteiger partial charge on any atom is -0.399 e. The maximum Gasteiger partial charge on any atom is 0.128 e. The van der Waals surface area contributed by atoms with Crippen molar-refractivity contribution in [1.82, 2.24) is 5.32 Å². The Hall–Kier alpha value is -1.51. The minimum atomic E-state index is 0.781. The molecule has 0 bridgehead atoms. The first-order valence-corrected chi connectivity index (χ1v) is 4.00. The molecule has 0 atom stereocenters. The zero-order valence-electron chi connectivity index (χ0n) is 6.75. The lowest BCUT2D eigenvalue weighted by Gasteiger charge is -2.02. The Morgan fingerprint density at radius 3 is 3.00 bits per heavy atom. The van der Waals surface area contributed by atoms with Crippen LogP contribution in [0.4, 0.5) is 5.69 Å². The average molecular weight is 161 g/mol. The van der Waals surface area contributed by atoms with Crippen LogP contribution in [0.3, 0.4) is 0 Å². The van der Waals surface area contributed by atoms with E-state index in [0.717, 1.165) is 30.2 Å². The lowest BCUT2D eigenvalue weighted by atomic mass is 10.2. The number of benzene rings is 1. The third-order valence-electron chi connectivity index (χ3n) is 1.83. The van der Waals surface area contributed by atoms with Crippen LogP contribution in [0.5, 0.6) is 0 Å². The highest BCUT2D eigenvalue weighted by atomic mass is 15.1. The first-order chi connectivity index (χ1) is 5.86. The van der Waals surface area contributed by atoms with Gasteiger partial charge >= 0.3 is 0 Å². The van der Waals surface area contributed by atoms with Crippen LogP contribution in [0.25, 0.3) is 0 Å². The van der Waals surface area contributed by atoms with Gasteiger partial charge in [0.1, 0.15) is 5.84 Å². The van der Waals surface area contributed by atoms with Gasteiger partial charge in [-0.05, 0) is 12.1 Å². The van der Waals surface area contributed by atoms with Crippen LogP contribution in [0.15, 0.2) is 29.3 Å². The summed E-state index contributed by atoms with van der Waals surface area (Å²) in [4.78, 5) is 4.30. The number of nitrogen functional groups attached to an aromatic ring is 1. The van der Waals surface area contributed by atoms with Gasteiger partial charge in [-0.2, -0.15) is 0 Å². The molecule has 0 spiro atoms. The van der Waals surface area contributed by atoms with Gasteiger partial charge in [-0.15, -0.1) is 0 Å². The predicted octanol–water partition coefficient (Wildman–Crippen LogP) is 0.619. The zero-order valence-corrected chi connectivity index (χ0v) is 6.75. The average Bonchev–Trinajstić information content (AvgIpc) is 2.56. The number of anilines is 1. The molecule has 0 aromatic heterocycles. The number of nitrogens with two attached hydrogens (primary N) is 1. The van der Waals surface area contributed by atoms with Gasteiger partial charge in [0.2, 0.25) is 0 Å². The number of nitrogens with zero attached hydrogens (tertiary/aromatic N) is 1. The molecular weight excluding hydrogens is 150 g/mol. The minimum absolute atomic E-state index is 0.781.